The van der Waals surface area contributed by atoms with E-state index in [4.69, 9.17) is 19.2 Å². The third-order valence-corrected chi connectivity index (χ3v) is 0. The van der Waals surface area contributed by atoms with Crippen LogP contribution in [0.4, 0.5) is 0 Å². The van der Waals surface area contributed by atoms with E-state index in [-0.39, 0.29) is 65.8 Å². The number of rotatable bonds is 0. The Labute approximate surface area is 93.0 Å². The first kappa shape index (κ1) is 22.5. The van der Waals surface area contributed by atoms with Gasteiger partial charge in [-0.25, -0.2) is 0 Å². The van der Waals surface area contributed by atoms with Crippen LogP contribution < -0.4 is 0 Å². The molecule has 0 heterocycles. The number of hydrogen-bond donors (Lipinski definition) is 4. The average Bonchev–Trinajstić information content (AvgIpc) is 0.722. The Kier molecular flexibility index (Phi) is 25.8. The van der Waals surface area contributed by atoms with E-state index in [9.17, 15) is 0 Å². The topological polar surface area (TPSA) is 80.9 Å². The van der Waals surface area contributed by atoms with Crippen molar-refractivity contribution in [1.82, 2.24) is 0 Å². The summed E-state index contributed by atoms with van der Waals surface area (Å²) in [6, 6.07) is 0. The van der Waals surface area contributed by atoms with E-state index in [1.165, 1.54) is 0 Å². The summed E-state index contributed by atoms with van der Waals surface area (Å²) in [6.45, 7) is 0. The Morgan fingerprint density at radius 3 is 0.875 bits per heavy atom. The second-order valence-corrected chi connectivity index (χ2v) is 1.80. The van der Waals surface area contributed by atoms with Crippen LogP contribution in [0.2, 0.25) is 0 Å². The molecule has 0 saturated heterocycles. The third-order valence-electron chi connectivity index (χ3n) is 0. The van der Waals surface area contributed by atoms with Crippen molar-refractivity contribution in [2.75, 3.05) is 0 Å². The molecule has 0 amide bonds. The second kappa shape index (κ2) is 9.19. The Hall–Kier alpha value is 2.19. The van der Waals surface area contributed by atoms with Crippen molar-refractivity contribution in [1.29, 1.82) is 0 Å². The molecule has 8 heteroatoms. The van der Waals surface area contributed by atoms with Crippen molar-refractivity contribution in [3.05, 3.63) is 0 Å². The monoisotopic (exact) mass is 243 g/mol. The van der Waals surface area contributed by atoms with Gasteiger partial charge in [-0.15, -0.1) is 0 Å². The fraction of sp³-hybridized carbons (Fsp3) is 0. The van der Waals surface area contributed by atoms with Crippen molar-refractivity contribution < 1.29 is 55.4 Å². The summed E-state index contributed by atoms with van der Waals surface area (Å²) < 4.78 is 0. The maximum atomic E-state index is 7.33. The summed E-state index contributed by atoms with van der Waals surface area (Å²) in [5, 5.41) is 0. The molecular weight excluding hydrogens is 239 g/mol. The molecule has 0 aromatic heterocycles. The van der Waals surface area contributed by atoms with Gasteiger partial charge >= 0.3 is 38.6 Å². The van der Waals surface area contributed by atoms with Gasteiger partial charge in [0.2, 0.25) is 0 Å². The summed E-state index contributed by atoms with van der Waals surface area (Å²) in [7, 11) is -4.61. The van der Waals surface area contributed by atoms with Crippen LogP contribution in [-0.4, -0.2) is 57.8 Å². The molecule has 0 aromatic rings. The van der Waals surface area contributed by atoms with Crippen LogP contribution >= 0.6 is 0 Å². The molecule has 0 rings (SSSR count). The van der Waals surface area contributed by atoms with E-state index < -0.39 is 9.05 Å². The second-order valence-electron chi connectivity index (χ2n) is 0.600. The van der Waals surface area contributed by atoms with Gasteiger partial charge in [0, 0.05) is 36.3 Å². The van der Waals surface area contributed by atoms with E-state index in [0.717, 1.165) is 0 Å². The summed E-state index contributed by atoms with van der Waals surface area (Å²) in [6.07, 6.45) is 0. The molecule has 0 aromatic carbocycles. The van der Waals surface area contributed by atoms with Crippen LogP contribution in [0.5, 0.6) is 0 Å². The first-order chi connectivity index (χ1) is 2.00. The van der Waals surface area contributed by atoms with Crippen LogP contribution in [0.1, 0.15) is 0 Å². The summed E-state index contributed by atoms with van der Waals surface area (Å²) in [5.41, 5.74) is 0. The van der Waals surface area contributed by atoms with Gasteiger partial charge in [-0.1, -0.05) is 0 Å². The Bertz CT molecular complexity index is 31.5. The maximum Gasteiger partial charge on any atom is 0 e. The van der Waals surface area contributed by atoms with Crippen molar-refractivity contribution in [3.63, 3.8) is 0 Å². The zero-order valence-electron chi connectivity index (χ0n) is 3.33. The minimum atomic E-state index is -4.61. The zero-order valence-corrected chi connectivity index (χ0v) is 8.34. The van der Waals surface area contributed by atoms with Gasteiger partial charge < -0.3 is 19.2 Å². The van der Waals surface area contributed by atoms with Gasteiger partial charge in [0.25, 0.3) is 0 Å². The van der Waals surface area contributed by atoms with E-state index in [1.54, 1.807) is 0 Å². The normalized spacial score (nSPS) is 7.50. The standard InChI is InChI=1S/Co.Na.H4O4Si.Zn.H/c;;1-5(2,3)4;;/h;;1-4H;;. The molecule has 0 fully saturated rings. The van der Waals surface area contributed by atoms with Crippen molar-refractivity contribution in [2.45, 2.75) is 0 Å². The van der Waals surface area contributed by atoms with Gasteiger partial charge in [0.05, 0.1) is 0 Å². The van der Waals surface area contributed by atoms with Crippen LogP contribution in [0, 0.1) is 0 Å². The molecule has 0 unspecified atom stereocenters. The summed E-state index contributed by atoms with van der Waals surface area (Å²) >= 11 is 0. The Balaban J connectivity index is -0.0000000267. The summed E-state index contributed by atoms with van der Waals surface area (Å²) in [4.78, 5) is 29.3. The first-order valence-electron chi connectivity index (χ1n) is 0.894. The fourth-order valence-corrected chi connectivity index (χ4v) is 0. The molecule has 0 spiro atoms. The van der Waals surface area contributed by atoms with Crippen molar-refractivity contribution in [2.24, 2.45) is 0 Å². The van der Waals surface area contributed by atoms with Crippen molar-refractivity contribution in [3.8, 4) is 0 Å². The van der Waals surface area contributed by atoms with E-state index in [0.29, 0.717) is 0 Å². The quantitative estimate of drug-likeness (QED) is 0.337. The molecular formula is H5CoNaO4SiZn. The third kappa shape index (κ3) is 88.4. The van der Waals surface area contributed by atoms with E-state index in [2.05, 4.69) is 0 Å². The Morgan fingerprint density at radius 2 is 0.875 bits per heavy atom. The molecule has 4 N–H and O–H groups in total. The fourth-order valence-electron chi connectivity index (χ4n) is 0. The molecule has 1 radical (unpaired) electrons. The predicted octanol–water partition coefficient (Wildman–Crippen LogP) is -3.26. The van der Waals surface area contributed by atoms with Gasteiger partial charge in [-0.05, 0) is 0 Å². The van der Waals surface area contributed by atoms with Gasteiger partial charge in [-0.3, -0.25) is 0 Å². The van der Waals surface area contributed by atoms with Gasteiger partial charge in [0.1, 0.15) is 0 Å². The predicted molar refractivity (Wildman–Crippen MR) is 21.8 cm³/mol. The number of hydrogen-bond acceptors (Lipinski definition) is 4. The van der Waals surface area contributed by atoms with Crippen LogP contribution in [-0.2, 0) is 36.3 Å². The molecule has 4 nitrogen and oxygen atoms in total. The largest absolute Gasteiger partial charge is 0 e. The van der Waals surface area contributed by atoms with E-state index in [1.807, 2.05) is 0 Å². The molecule has 0 bridgehead atoms. The SMILES string of the molecule is O[Si](O)(O)O.[Co].[NaH].[Zn]. The minimum Gasteiger partial charge on any atom is 0 e. The van der Waals surface area contributed by atoms with E-state index >= 15 is 0 Å². The first-order valence-corrected chi connectivity index (χ1v) is 2.68. The molecule has 0 atom stereocenters. The maximum absolute atomic E-state index is 7.33. The minimum absolute atomic E-state index is 0. The molecule has 8 heavy (non-hydrogen) atoms. The van der Waals surface area contributed by atoms with Crippen molar-refractivity contribution >= 4 is 38.6 Å². The average molecular weight is 244 g/mol. The van der Waals surface area contributed by atoms with Gasteiger partial charge in [0.15, 0.2) is 0 Å². The molecule has 0 aliphatic carbocycles. The molecule has 0 saturated carbocycles. The Morgan fingerprint density at radius 1 is 0.875 bits per heavy atom. The van der Waals surface area contributed by atoms with Crippen LogP contribution in [0.3, 0.4) is 0 Å². The zero-order chi connectivity index (χ0) is 4.50. The molecule has 45 valence electrons. The van der Waals surface area contributed by atoms with Gasteiger partial charge in [-0.2, -0.15) is 0 Å². The van der Waals surface area contributed by atoms with Crippen LogP contribution in [0.15, 0.2) is 0 Å². The molecule has 0 aliphatic rings. The van der Waals surface area contributed by atoms with Crippen LogP contribution in [0.25, 0.3) is 0 Å². The summed E-state index contributed by atoms with van der Waals surface area (Å²) in [5.74, 6) is 0. The smallest absolute Gasteiger partial charge is 0 e. The molecule has 0 aliphatic heterocycles.